The van der Waals surface area contributed by atoms with E-state index in [1.807, 2.05) is 42.5 Å². The summed E-state index contributed by atoms with van der Waals surface area (Å²) in [6, 6.07) is 18.9. The number of imide groups is 1. The number of halogens is 2. The van der Waals surface area contributed by atoms with Crippen LogP contribution in [0.1, 0.15) is 28.3 Å². The number of amides is 2. The molecule has 1 aromatic heterocycles. The van der Waals surface area contributed by atoms with E-state index in [1.54, 1.807) is 18.9 Å². The third kappa shape index (κ3) is 4.25. The quantitative estimate of drug-likeness (QED) is 0.240. The molecule has 4 aliphatic rings. The average Bonchev–Trinajstić information content (AvgIpc) is 3.75. The number of aromatic amines is 1. The van der Waals surface area contributed by atoms with Crippen molar-refractivity contribution in [2.45, 2.75) is 29.2 Å². The van der Waals surface area contributed by atoms with Gasteiger partial charge in [-0.2, -0.15) is 0 Å². The maximum atomic E-state index is 13.9. The Balaban J connectivity index is 1.15. The molecule has 8 rings (SSSR count). The number of carbonyl (C=O) groups is 2. The summed E-state index contributed by atoms with van der Waals surface area (Å²) in [5.41, 5.74) is 2.31. The molecule has 1 N–H and O–H groups in total. The van der Waals surface area contributed by atoms with Gasteiger partial charge in [0.2, 0.25) is 11.8 Å². The van der Waals surface area contributed by atoms with Gasteiger partial charge >= 0.3 is 4.87 Å². The summed E-state index contributed by atoms with van der Waals surface area (Å²) in [7, 11) is 1.60. The van der Waals surface area contributed by atoms with Crippen molar-refractivity contribution in [2.24, 2.45) is 29.6 Å². The topological polar surface area (TPSA) is 88.7 Å². The smallest absolute Gasteiger partial charge is 0.305 e. The SMILES string of the molecule is COc1cc([C@@H]2c3sc(=O)[nH]c3S[C@@H]3[C@@H]4C[C@@H]([C@@H]5C(=O)N(c6ccc(F)cc6)C(=O)[C@@H]45)[C@@H]23)ccc1OCc1cccc(Cl)c1. The molecule has 2 aliphatic carbocycles. The van der Waals surface area contributed by atoms with Crippen LogP contribution >= 0.6 is 34.7 Å². The highest BCUT2D eigenvalue weighted by molar-refractivity contribution is 8.00. The zero-order chi connectivity index (χ0) is 30.3. The van der Waals surface area contributed by atoms with Crippen molar-refractivity contribution in [3.8, 4) is 11.5 Å². The standard InChI is InChI=1S/C33H26ClFN2O5S2/c1-41-23-12-16(5-10-22(23)42-14-15-3-2-4-17(34)11-15)24-25-20-13-21(28(25)43-30-29(24)44-33(40)36-30)27-26(20)31(38)37(32(27)39)19-8-6-18(35)7-9-19/h2-12,20-21,24-28H,13-14H2,1H3,(H,36,40)/t20-,21-,24+,25+,26+,27+,28-/m1/s1. The van der Waals surface area contributed by atoms with Crippen LogP contribution in [0.5, 0.6) is 11.5 Å². The molecule has 2 amide bonds. The molecule has 0 spiro atoms. The van der Waals surface area contributed by atoms with Crippen molar-refractivity contribution < 1.29 is 23.5 Å². The summed E-state index contributed by atoms with van der Waals surface area (Å²) in [5, 5.41) is 1.53. The Morgan fingerprint density at radius 3 is 2.50 bits per heavy atom. The lowest BCUT2D eigenvalue weighted by Crippen LogP contribution is -2.42. The van der Waals surface area contributed by atoms with Crippen molar-refractivity contribution in [3.63, 3.8) is 0 Å². The molecule has 1 saturated heterocycles. The number of aromatic nitrogens is 1. The predicted octanol–water partition coefficient (Wildman–Crippen LogP) is 6.49. The van der Waals surface area contributed by atoms with Gasteiger partial charge in [-0.3, -0.25) is 19.3 Å². The van der Waals surface area contributed by atoms with Gasteiger partial charge in [-0.15, -0.1) is 11.8 Å². The second-order valence-corrected chi connectivity index (χ2v) is 14.4. The number of carbonyl (C=O) groups excluding carboxylic acids is 2. The molecular weight excluding hydrogens is 623 g/mol. The van der Waals surface area contributed by atoms with Crippen LogP contribution in [0.2, 0.25) is 5.02 Å². The molecule has 0 radical (unpaired) electrons. The van der Waals surface area contributed by atoms with E-state index in [2.05, 4.69) is 4.98 Å². The molecule has 3 heterocycles. The molecule has 3 fully saturated rings. The van der Waals surface area contributed by atoms with E-state index in [0.29, 0.717) is 28.8 Å². The van der Waals surface area contributed by atoms with Gasteiger partial charge in [0.1, 0.15) is 12.4 Å². The summed E-state index contributed by atoms with van der Waals surface area (Å²) in [6.07, 6.45) is 0.778. The third-order valence-electron chi connectivity index (χ3n) is 9.64. The summed E-state index contributed by atoms with van der Waals surface area (Å²) in [4.78, 5) is 45.4. The fourth-order valence-corrected chi connectivity index (χ4v) is 11.1. The van der Waals surface area contributed by atoms with Gasteiger partial charge in [-0.05, 0) is 83.8 Å². The van der Waals surface area contributed by atoms with Crippen molar-refractivity contribution in [1.29, 1.82) is 0 Å². The Morgan fingerprint density at radius 2 is 1.75 bits per heavy atom. The average molecular weight is 649 g/mol. The molecular formula is C33H26ClFN2O5S2. The summed E-state index contributed by atoms with van der Waals surface area (Å²) < 4.78 is 25.5. The maximum absolute atomic E-state index is 13.9. The van der Waals surface area contributed by atoms with E-state index in [0.717, 1.165) is 27.5 Å². The Labute approximate surface area is 265 Å². The fourth-order valence-electron chi connectivity index (χ4n) is 8.02. The largest absolute Gasteiger partial charge is 0.493 e. The van der Waals surface area contributed by atoms with Crippen LogP contribution < -0.4 is 19.2 Å². The highest BCUT2D eigenvalue weighted by Crippen LogP contribution is 2.68. The van der Waals surface area contributed by atoms with Crippen molar-refractivity contribution >= 4 is 52.2 Å². The maximum Gasteiger partial charge on any atom is 0.305 e. The number of methoxy groups -OCH3 is 1. The van der Waals surface area contributed by atoms with Crippen molar-refractivity contribution in [1.82, 2.24) is 4.98 Å². The van der Waals surface area contributed by atoms with Crippen molar-refractivity contribution in [2.75, 3.05) is 12.0 Å². The van der Waals surface area contributed by atoms with E-state index >= 15 is 0 Å². The normalized spacial score (nSPS) is 28.2. The summed E-state index contributed by atoms with van der Waals surface area (Å²) in [6.45, 7) is 0.318. The lowest BCUT2D eigenvalue weighted by atomic mass is 9.68. The number of fused-ring (bicyclic) bond motifs is 9. The molecule has 7 nitrogen and oxygen atoms in total. The number of anilines is 1. The number of benzene rings is 3. The van der Waals surface area contributed by atoms with E-state index in [-0.39, 0.29) is 45.6 Å². The number of nitrogens with one attached hydrogen (secondary N) is 1. The number of hydrogen-bond donors (Lipinski definition) is 1. The molecule has 224 valence electrons. The first-order valence-electron chi connectivity index (χ1n) is 14.4. The van der Waals surface area contributed by atoms with Crippen LogP contribution in [0.15, 0.2) is 76.6 Å². The van der Waals surface area contributed by atoms with E-state index in [9.17, 15) is 18.8 Å². The van der Waals surface area contributed by atoms with Gasteiger partial charge in [-0.1, -0.05) is 41.1 Å². The molecule has 2 aliphatic heterocycles. The Bertz CT molecular complexity index is 1880. The number of rotatable bonds is 6. The van der Waals surface area contributed by atoms with Gasteiger partial charge in [0.05, 0.1) is 29.7 Å². The lowest BCUT2D eigenvalue weighted by Gasteiger charge is -2.43. The van der Waals surface area contributed by atoms with Gasteiger partial charge in [0.15, 0.2) is 11.5 Å². The predicted molar refractivity (Wildman–Crippen MR) is 166 cm³/mol. The second-order valence-electron chi connectivity index (χ2n) is 11.8. The molecule has 4 aromatic rings. The van der Waals surface area contributed by atoms with Gasteiger partial charge in [-0.25, -0.2) is 4.39 Å². The molecule has 11 heteroatoms. The highest BCUT2D eigenvalue weighted by Gasteiger charge is 2.69. The van der Waals surface area contributed by atoms with Crippen LogP contribution in [-0.4, -0.2) is 29.2 Å². The van der Waals surface area contributed by atoms with E-state index in [4.69, 9.17) is 21.1 Å². The van der Waals surface area contributed by atoms with Crippen molar-refractivity contribution in [3.05, 3.63) is 103 Å². The number of thiazole rings is 1. The number of thioether (sulfide) groups is 1. The van der Waals surface area contributed by atoms with Crippen LogP contribution in [0, 0.1) is 35.4 Å². The minimum Gasteiger partial charge on any atom is -0.493 e. The first kappa shape index (κ1) is 27.9. The summed E-state index contributed by atoms with van der Waals surface area (Å²) >= 11 is 8.98. The van der Waals surface area contributed by atoms with Gasteiger partial charge in [0.25, 0.3) is 0 Å². The first-order chi connectivity index (χ1) is 21.3. The molecule has 7 atom stereocenters. The van der Waals surface area contributed by atoms with Crippen LogP contribution in [0.3, 0.4) is 0 Å². The van der Waals surface area contributed by atoms with E-state index < -0.39 is 17.7 Å². The second kappa shape index (κ2) is 10.5. The first-order valence-corrected chi connectivity index (χ1v) is 16.5. The Morgan fingerprint density at radius 1 is 0.977 bits per heavy atom. The zero-order valence-corrected chi connectivity index (χ0v) is 25.8. The number of ether oxygens (including phenoxy) is 2. The minimum atomic E-state index is -0.443. The number of H-pyrrole nitrogens is 1. The van der Waals surface area contributed by atoms with Crippen LogP contribution in [0.4, 0.5) is 10.1 Å². The molecule has 44 heavy (non-hydrogen) atoms. The molecule has 2 bridgehead atoms. The van der Waals surface area contributed by atoms with Crippen LogP contribution in [-0.2, 0) is 16.2 Å². The minimum absolute atomic E-state index is 0.0110. The summed E-state index contributed by atoms with van der Waals surface area (Å²) in [5.74, 6) is -0.717. The fraction of sp³-hybridized carbons (Fsp3) is 0.303. The Hall–Kier alpha value is -3.60. The lowest BCUT2D eigenvalue weighted by molar-refractivity contribution is -0.123. The third-order valence-corrected chi connectivity index (χ3v) is 12.5. The highest BCUT2D eigenvalue weighted by atomic mass is 35.5. The van der Waals surface area contributed by atoms with E-state index in [1.165, 1.54) is 40.5 Å². The molecule has 0 unspecified atom stereocenters. The zero-order valence-electron chi connectivity index (χ0n) is 23.4. The molecule has 2 saturated carbocycles. The van der Waals surface area contributed by atoms with Gasteiger partial charge < -0.3 is 14.5 Å². The number of nitrogens with zero attached hydrogens (tertiary/aromatic N) is 1. The Kier molecular flexibility index (Phi) is 6.66. The number of hydrogen-bond acceptors (Lipinski definition) is 7. The van der Waals surface area contributed by atoms with Gasteiger partial charge in [0, 0.05) is 21.1 Å². The van der Waals surface area contributed by atoms with Crippen LogP contribution in [0.25, 0.3) is 0 Å². The monoisotopic (exact) mass is 648 g/mol. The molecule has 3 aromatic carbocycles.